The molecule has 0 aliphatic heterocycles. The Bertz CT molecular complexity index is 1030. The number of benzene rings is 1. The van der Waals surface area contributed by atoms with E-state index in [0.29, 0.717) is 17.9 Å². The number of urea groups is 1. The minimum Gasteiger partial charge on any atom is -0.308 e. The van der Waals surface area contributed by atoms with Gasteiger partial charge in [-0.25, -0.2) is 14.2 Å². The molecule has 0 aliphatic carbocycles. The van der Waals surface area contributed by atoms with Crippen molar-refractivity contribution in [1.29, 1.82) is 0 Å². The van der Waals surface area contributed by atoms with Gasteiger partial charge in [-0.15, -0.1) is 0 Å². The number of carbonyl (C=O) groups is 1. The van der Waals surface area contributed by atoms with Gasteiger partial charge in [0.05, 0.1) is 10.7 Å². The molecule has 0 bridgehead atoms. The number of aromatic nitrogens is 4. The van der Waals surface area contributed by atoms with Crippen LogP contribution in [0.3, 0.4) is 0 Å². The molecule has 0 saturated heterocycles. The molecule has 2 amide bonds. The molecule has 1 aromatic carbocycles. The summed E-state index contributed by atoms with van der Waals surface area (Å²) >= 11 is 5.68. The summed E-state index contributed by atoms with van der Waals surface area (Å²) in [6.45, 7) is 3.50. The van der Waals surface area contributed by atoms with Crippen molar-refractivity contribution in [2.75, 3.05) is 10.6 Å². The average Bonchev–Trinajstić information content (AvgIpc) is 2.94. The topological polar surface area (TPSA) is 104 Å². The lowest BCUT2D eigenvalue weighted by atomic mass is 10.2. The molecule has 25 heavy (non-hydrogen) atoms. The van der Waals surface area contributed by atoms with Crippen LogP contribution in [0.1, 0.15) is 18.4 Å². The minimum absolute atomic E-state index is 0.0364. The third-order valence-electron chi connectivity index (χ3n) is 3.43. The van der Waals surface area contributed by atoms with Crippen LogP contribution in [0, 0.1) is 12.7 Å². The van der Waals surface area contributed by atoms with Crippen LogP contribution in [0.5, 0.6) is 0 Å². The van der Waals surface area contributed by atoms with Crippen LogP contribution >= 0.6 is 11.6 Å². The summed E-state index contributed by atoms with van der Waals surface area (Å²) in [5, 5.41) is 7.60. The van der Waals surface area contributed by atoms with Gasteiger partial charge >= 0.3 is 6.03 Å². The van der Waals surface area contributed by atoms with Crippen molar-refractivity contribution in [3.05, 3.63) is 50.9 Å². The Balaban J connectivity index is 1.91. The number of aryl methyl sites for hydroxylation is 2. The summed E-state index contributed by atoms with van der Waals surface area (Å²) in [6, 6.07) is 3.08. The second-order valence-electron chi connectivity index (χ2n) is 5.24. The van der Waals surface area contributed by atoms with E-state index < -0.39 is 17.4 Å². The number of nitrogens with zero attached hydrogens (tertiary/aromatic N) is 3. The minimum atomic E-state index is -0.674. The Hall–Kier alpha value is -2.94. The maximum Gasteiger partial charge on any atom is 0.323 e. The summed E-state index contributed by atoms with van der Waals surface area (Å²) in [5.41, 5.74) is 0.251. The summed E-state index contributed by atoms with van der Waals surface area (Å²) in [6.07, 6.45) is 0.426. The molecule has 0 saturated carbocycles. The highest BCUT2D eigenvalue weighted by atomic mass is 35.5. The van der Waals surface area contributed by atoms with E-state index in [1.165, 1.54) is 12.1 Å². The number of H-pyrrole nitrogens is 1. The first-order chi connectivity index (χ1) is 11.9. The lowest BCUT2D eigenvalue weighted by molar-refractivity contribution is 0.262. The van der Waals surface area contributed by atoms with E-state index in [2.05, 4.69) is 25.7 Å². The number of rotatable bonds is 3. The van der Waals surface area contributed by atoms with E-state index in [-0.39, 0.29) is 22.2 Å². The number of anilines is 2. The van der Waals surface area contributed by atoms with Gasteiger partial charge in [0.25, 0.3) is 11.3 Å². The van der Waals surface area contributed by atoms with Crippen LogP contribution in [-0.2, 0) is 6.42 Å². The van der Waals surface area contributed by atoms with Gasteiger partial charge in [0, 0.05) is 5.69 Å². The largest absolute Gasteiger partial charge is 0.323 e. The smallest absolute Gasteiger partial charge is 0.308 e. The molecule has 2 aromatic heterocycles. The average molecular weight is 365 g/mol. The number of nitrogens with one attached hydrogen (secondary N) is 3. The van der Waals surface area contributed by atoms with Crippen LogP contribution < -0.4 is 16.2 Å². The molecule has 3 aromatic rings. The van der Waals surface area contributed by atoms with E-state index in [1.54, 1.807) is 13.8 Å². The summed E-state index contributed by atoms with van der Waals surface area (Å²) in [5.74, 6) is 0.160. The molecule has 3 rings (SSSR count). The molecular formula is C15H14ClFN6O2. The van der Waals surface area contributed by atoms with Crippen LogP contribution in [0.2, 0.25) is 5.02 Å². The van der Waals surface area contributed by atoms with Crippen molar-refractivity contribution in [1.82, 2.24) is 19.6 Å². The molecule has 0 radical (unpaired) electrons. The standard InChI is InChI=1S/C15H14ClFN6O2/c1-3-11-12(13(24)23-14(20-11)18-7(2)22-23)21-15(25)19-8-4-5-10(17)9(16)6-8/h4-6H,3H2,1-2H3,(H,18,20,22)(H2,19,21,25). The number of hydrogen-bond acceptors (Lipinski definition) is 4. The SMILES string of the molecule is CCc1nc2nc(C)[nH]n2c(=O)c1NC(=O)Nc1ccc(F)c(Cl)c1. The van der Waals surface area contributed by atoms with Crippen molar-refractivity contribution >= 4 is 34.8 Å². The quantitative estimate of drug-likeness (QED) is 0.664. The Morgan fingerprint density at radius 1 is 1.36 bits per heavy atom. The van der Waals surface area contributed by atoms with Gasteiger partial charge in [-0.3, -0.25) is 9.89 Å². The monoisotopic (exact) mass is 364 g/mol. The summed E-state index contributed by atoms with van der Waals surface area (Å²) in [4.78, 5) is 33.1. The fourth-order valence-corrected chi connectivity index (χ4v) is 2.48. The van der Waals surface area contributed by atoms with Crippen LogP contribution in [-0.4, -0.2) is 25.6 Å². The normalized spacial score (nSPS) is 10.9. The van der Waals surface area contributed by atoms with Crippen molar-refractivity contribution < 1.29 is 9.18 Å². The molecular weight excluding hydrogens is 351 g/mol. The number of fused-ring (bicyclic) bond motifs is 1. The van der Waals surface area contributed by atoms with Gasteiger partial charge in [0.2, 0.25) is 0 Å². The molecule has 0 unspecified atom stereocenters. The van der Waals surface area contributed by atoms with Gasteiger partial charge in [-0.05, 0) is 31.5 Å². The van der Waals surface area contributed by atoms with E-state index in [9.17, 15) is 14.0 Å². The first kappa shape index (κ1) is 16.9. The van der Waals surface area contributed by atoms with Crippen molar-refractivity contribution in [3.63, 3.8) is 0 Å². The predicted octanol–water partition coefficient (Wildman–Crippen LogP) is 2.72. The van der Waals surface area contributed by atoms with E-state index >= 15 is 0 Å². The van der Waals surface area contributed by atoms with Gasteiger partial charge in [0.15, 0.2) is 0 Å². The number of hydrogen-bond donors (Lipinski definition) is 3. The molecule has 0 atom stereocenters. The second-order valence-corrected chi connectivity index (χ2v) is 5.65. The van der Waals surface area contributed by atoms with Crippen LogP contribution in [0.15, 0.2) is 23.0 Å². The molecule has 8 nitrogen and oxygen atoms in total. The molecule has 3 N–H and O–H groups in total. The second kappa shape index (κ2) is 6.52. The highest BCUT2D eigenvalue weighted by molar-refractivity contribution is 6.31. The first-order valence-corrected chi connectivity index (χ1v) is 7.78. The zero-order valence-corrected chi connectivity index (χ0v) is 14.1. The lowest BCUT2D eigenvalue weighted by Gasteiger charge is -2.10. The van der Waals surface area contributed by atoms with E-state index in [1.807, 2.05) is 0 Å². The fourth-order valence-electron chi connectivity index (χ4n) is 2.30. The van der Waals surface area contributed by atoms with Crippen LogP contribution in [0.4, 0.5) is 20.6 Å². The molecule has 130 valence electrons. The predicted molar refractivity (Wildman–Crippen MR) is 91.8 cm³/mol. The van der Waals surface area contributed by atoms with Crippen molar-refractivity contribution in [2.24, 2.45) is 0 Å². The third kappa shape index (κ3) is 3.31. The van der Waals surface area contributed by atoms with Gasteiger partial charge in [0.1, 0.15) is 17.3 Å². The highest BCUT2D eigenvalue weighted by Gasteiger charge is 2.16. The number of carbonyl (C=O) groups excluding carboxylic acids is 1. The zero-order chi connectivity index (χ0) is 18.1. The molecule has 2 heterocycles. The van der Waals surface area contributed by atoms with E-state index in [4.69, 9.17) is 11.6 Å². The molecule has 10 heteroatoms. The first-order valence-electron chi connectivity index (χ1n) is 7.40. The maximum atomic E-state index is 13.2. The zero-order valence-electron chi connectivity index (χ0n) is 13.4. The van der Waals surface area contributed by atoms with Gasteiger partial charge in [-0.1, -0.05) is 18.5 Å². The Labute approximate surface area is 146 Å². The Morgan fingerprint density at radius 3 is 2.80 bits per heavy atom. The van der Waals surface area contributed by atoms with Gasteiger partial charge < -0.3 is 10.6 Å². The van der Waals surface area contributed by atoms with Crippen molar-refractivity contribution in [3.8, 4) is 0 Å². The summed E-state index contributed by atoms with van der Waals surface area (Å²) in [7, 11) is 0. The Morgan fingerprint density at radius 2 is 2.12 bits per heavy atom. The third-order valence-corrected chi connectivity index (χ3v) is 3.72. The maximum absolute atomic E-state index is 13.2. The fraction of sp³-hybridized carbons (Fsp3) is 0.200. The lowest BCUT2D eigenvalue weighted by Crippen LogP contribution is -2.28. The van der Waals surface area contributed by atoms with E-state index in [0.717, 1.165) is 10.6 Å². The number of aromatic amines is 1. The Kier molecular flexibility index (Phi) is 4.41. The van der Waals surface area contributed by atoms with Crippen molar-refractivity contribution in [2.45, 2.75) is 20.3 Å². The number of halogens is 2. The summed E-state index contributed by atoms with van der Waals surface area (Å²) < 4.78 is 14.3. The van der Waals surface area contributed by atoms with Crippen LogP contribution in [0.25, 0.3) is 5.78 Å². The molecule has 0 aliphatic rings. The molecule has 0 spiro atoms. The molecule has 0 fully saturated rings. The number of amides is 2. The highest BCUT2D eigenvalue weighted by Crippen LogP contribution is 2.19. The van der Waals surface area contributed by atoms with Gasteiger partial charge in [-0.2, -0.15) is 9.50 Å².